The molecule has 0 fully saturated rings. The first kappa shape index (κ1) is 16.6. The smallest absolute Gasteiger partial charge is 0.316 e. The van der Waals surface area contributed by atoms with Crippen LogP contribution in [0.4, 0.5) is 0 Å². The number of pyridine rings is 1. The van der Waals surface area contributed by atoms with Gasteiger partial charge in [0.15, 0.2) is 10.8 Å². The monoisotopic (exact) mass is 345 g/mol. The lowest BCUT2D eigenvalue weighted by atomic mass is 10.1. The van der Waals surface area contributed by atoms with Gasteiger partial charge in [-0.3, -0.25) is 9.20 Å². The van der Waals surface area contributed by atoms with Crippen LogP contribution in [0.2, 0.25) is 0 Å². The van der Waals surface area contributed by atoms with Crippen LogP contribution in [0.15, 0.2) is 29.4 Å². The summed E-state index contributed by atoms with van der Waals surface area (Å²) in [5, 5.41) is 10.2. The van der Waals surface area contributed by atoms with E-state index in [1.165, 1.54) is 11.8 Å². The van der Waals surface area contributed by atoms with E-state index >= 15 is 0 Å². The number of methoxy groups -OCH3 is 1. The quantitative estimate of drug-likeness (QED) is 0.522. The molecule has 0 aliphatic carbocycles. The molecule has 0 amide bonds. The average Bonchev–Trinajstić information content (AvgIpc) is 2.97. The molecule has 1 aromatic carbocycles. The maximum Gasteiger partial charge on any atom is 0.316 e. The zero-order valence-electron chi connectivity index (χ0n) is 14.1. The second kappa shape index (κ2) is 6.68. The van der Waals surface area contributed by atoms with Crippen molar-refractivity contribution in [3.8, 4) is 5.75 Å². The topological polar surface area (TPSA) is 65.7 Å². The largest absolute Gasteiger partial charge is 0.497 e. The van der Waals surface area contributed by atoms with Gasteiger partial charge in [0.05, 0.1) is 24.5 Å². The number of carbonyl (C=O) groups is 1. The Bertz CT molecular complexity index is 905. The van der Waals surface area contributed by atoms with E-state index in [1.807, 2.05) is 43.4 Å². The number of nitrogens with zero attached hydrogens (tertiary/aromatic N) is 3. The number of hydrogen-bond donors (Lipinski definition) is 0. The van der Waals surface area contributed by atoms with E-state index in [0.717, 1.165) is 27.9 Å². The summed E-state index contributed by atoms with van der Waals surface area (Å²) in [5.41, 5.74) is 2.74. The molecule has 3 aromatic rings. The van der Waals surface area contributed by atoms with E-state index in [2.05, 4.69) is 16.3 Å². The minimum Gasteiger partial charge on any atom is -0.497 e. The molecular formula is C17H19N3O3S. The van der Waals surface area contributed by atoms with Crippen molar-refractivity contribution in [1.82, 2.24) is 14.6 Å². The molecule has 6 nitrogen and oxygen atoms in total. The molecule has 0 bridgehead atoms. The molecule has 0 radical (unpaired) electrons. The van der Waals surface area contributed by atoms with Crippen molar-refractivity contribution >= 4 is 34.3 Å². The summed E-state index contributed by atoms with van der Waals surface area (Å²) in [6.45, 7) is 5.66. The number of hydrogen-bond acceptors (Lipinski definition) is 6. The fraction of sp³-hybridized carbons (Fsp3) is 0.353. The molecule has 0 saturated heterocycles. The maximum atomic E-state index is 11.8. The van der Waals surface area contributed by atoms with E-state index in [-0.39, 0.29) is 17.8 Å². The van der Waals surface area contributed by atoms with Crippen LogP contribution in [-0.2, 0) is 9.53 Å². The van der Waals surface area contributed by atoms with Gasteiger partial charge in [-0.25, -0.2) is 0 Å². The van der Waals surface area contributed by atoms with Gasteiger partial charge in [0.1, 0.15) is 5.75 Å². The molecule has 0 unspecified atom stereocenters. The van der Waals surface area contributed by atoms with Gasteiger partial charge in [0.25, 0.3) is 0 Å². The van der Waals surface area contributed by atoms with Crippen molar-refractivity contribution < 1.29 is 14.3 Å². The Hall–Kier alpha value is -2.28. The zero-order chi connectivity index (χ0) is 17.3. The molecule has 2 heterocycles. The number of fused-ring (bicyclic) bond motifs is 3. The normalized spacial score (nSPS) is 11.4. The summed E-state index contributed by atoms with van der Waals surface area (Å²) >= 11 is 1.32. The fourth-order valence-corrected chi connectivity index (χ4v) is 3.25. The van der Waals surface area contributed by atoms with Gasteiger partial charge < -0.3 is 9.47 Å². The molecule has 0 aliphatic heterocycles. The molecule has 2 aromatic heterocycles. The van der Waals surface area contributed by atoms with Crippen LogP contribution in [0.3, 0.4) is 0 Å². The van der Waals surface area contributed by atoms with E-state index in [4.69, 9.17) is 9.47 Å². The van der Waals surface area contributed by atoms with Crippen LogP contribution in [-0.4, -0.2) is 39.5 Å². The zero-order valence-corrected chi connectivity index (χ0v) is 14.9. The van der Waals surface area contributed by atoms with Crippen LogP contribution in [0.1, 0.15) is 19.4 Å². The van der Waals surface area contributed by atoms with Gasteiger partial charge in [-0.1, -0.05) is 11.8 Å². The predicted molar refractivity (Wildman–Crippen MR) is 93.7 cm³/mol. The third-order valence-electron chi connectivity index (χ3n) is 3.52. The Morgan fingerprint density at radius 3 is 2.79 bits per heavy atom. The number of esters is 1. The first-order valence-electron chi connectivity index (χ1n) is 7.64. The molecule has 0 saturated carbocycles. The number of thioether (sulfide) groups is 1. The Morgan fingerprint density at radius 2 is 2.08 bits per heavy atom. The Balaban J connectivity index is 2.04. The first-order chi connectivity index (χ1) is 11.5. The van der Waals surface area contributed by atoms with Crippen molar-refractivity contribution in [1.29, 1.82) is 0 Å². The molecule has 24 heavy (non-hydrogen) atoms. The van der Waals surface area contributed by atoms with E-state index in [1.54, 1.807) is 7.11 Å². The van der Waals surface area contributed by atoms with Crippen LogP contribution < -0.4 is 4.74 Å². The van der Waals surface area contributed by atoms with E-state index < -0.39 is 0 Å². The molecule has 7 heteroatoms. The van der Waals surface area contributed by atoms with Gasteiger partial charge >= 0.3 is 5.97 Å². The molecule has 0 spiro atoms. The number of rotatable bonds is 5. The van der Waals surface area contributed by atoms with Gasteiger partial charge in [0.2, 0.25) is 0 Å². The van der Waals surface area contributed by atoms with Crippen molar-refractivity contribution in [3.63, 3.8) is 0 Å². The highest BCUT2D eigenvalue weighted by Crippen LogP contribution is 2.28. The number of aromatic nitrogens is 3. The minimum atomic E-state index is -0.263. The number of benzene rings is 1. The molecular weight excluding hydrogens is 326 g/mol. The highest BCUT2D eigenvalue weighted by molar-refractivity contribution is 7.99. The maximum absolute atomic E-state index is 11.8. The summed E-state index contributed by atoms with van der Waals surface area (Å²) < 4.78 is 12.5. The van der Waals surface area contributed by atoms with Crippen molar-refractivity contribution in [2.75, 3.05) is 12.9 Å². The van der Waals surface area contributed by atoms with Gasteiger partial charge in [-0.15, -0.1) is 10.2 Å². The molecule has 126 valence electrons. The van der Waals surface area contributed by atoms with Crippen LogP contribution >= 0.6 is 11.8 Å². The molecule has 0 N–H and O–H groups in total. The lowest BCUT2D eigenvalue weighted by Gasteiger charge is -2.09. The number of ether oxygens (including phenoxy) is 2. The minimum absolute atomic E-state index is 0.124. The van der Waals surface area contributed by atoms with E-state index in [0.29, 0.717) is 5.16 Å². The SMILES string of the molecule is COc1ccc2cc(C)c3nnc(SCC(=O)OC(C)C)n3c2c1. The lowest BCUT2D eigenvalue weighted by molar-refractivity contribution is -0.144. The predicted octanol–water partition coefficient (Wildman–Crippen LogP) is 3.24. The highest BCUT2D eigenvalue weighted by atomic mass is 32.2. The highest BCUT2D eigenvalue weighted by Gasteiger charge is 2.15. The van der Waals surface area contributed by atoms with Gasteiger partial charge in [0, 0.05) is 6.07 Å². The fourth-order valence-electron chi connectivity index (χ4n) is 2.52. The first-order valence-corrected chi connectivity index (χ1v) is 8.63. The van der Waals surface area contributed by atoms with Crippen molar-refractivity contribution in [2.24, 2.45) is 0 Å². The number of aryl methyl sites for hydroxylation is 1. The lowest BCUT2D eigenvalue weighted by Crippen LogP contribution is -2.13. The summed E-state index contributed by atoms with van der Waals surface area (Å²) in [4.78, 5) is 11.8. The van der Waals surface area contributed by atoms with Gasteiger partial charge in [-0.05, 0) is 49.9 Å². The standard InChI is InChI=1S/C17H19N3O3S/c1-10(2)23-15(21)9-24-17-19-18-16-11(3)7-12-5-6-13(22-4)8-14(12)20(16)17/h5-8,10H,9H2,1-4H3. The summed E-state index contributed by atoms with van der Waals surface area (Å²) in [6.07, 6.45) is -0.124. The van der Waals surface area contributed by atoms with Crippen LogP contribution in [0.5, 0.6) is 5.75 Å². The Kier molecular flexibility index (Phi) is 4.62. The third kappa shape index (κ3) is 3.17. The molecule has 0 aliphatic rings. The number of carbonyl (C=O) groups excluding carboxylic acids is 1. The summed E-state index contributed by atoms with van der Waals surface area (Å²) in [7, 11) is 1.64. The summed E-state index contributed by atoms with van der Waals surface area (Å²) in [5.74, 6) is 0.691. The molecule has 3 rings (SSSR count). The Morgan fingerprint density at radius 1 is 1.29 bits per heavy atom. The van der Waals surface area contributed by atoms with Gasteiger partial charge in [-0.2, -0.15) is 0 Å². The second-order valence-electron chi connectivity index (χ2n) is 5.72. The van der Waals surface area contributed by atoms with E-state index in [9.17, 15) is 4.79 Å². The molecule has 0 atom stereocenters. The second-order valence-corrected chi connectivity index (χ2v) is 6.66. The third-order valence-corrected chi connectivity index (χ3v) is 4.43. The van der Waals surface area contributed by atoms with Crippen molar-refractivity contribution in [2.45, 2.75) is 32.0 Å². The Labute approximate surface area is 144 Å². The van der Waals surface area contributed by atoms with Crippen LogP contribution in [0.25, 0.3) is 16.6 Å². The van der Waals surface area contributed by atoms with Crippen molar-refractivity contribution in [3.05, 3.63) is 29.8 Å². The van der Waals surface area contributed by atoms with Crippen LogP contribution in [0, 0.1) is 6.92 Å². The average molecular weight is 345 g/mol. The summed E-state index contributed by atoms with van der Waals surface area (Å²) in [6, 6.07) is 7.94.